The van der Waals surface area contributed by atoms with Gasteiger partial charge >= 0.3 is 0 Å². The number of halogens is 1. The maximum absolute atomic E-state index is 13.9. The molecule has 1 aliphatic heterocycles. The van der Waals surface area contributed by atoms with Gasteiger partial charge in [0.15, 0.2) is 9.84 Å². The van der Waals surface area contributed by atoms with Gasteiger partial charge in [0.2, 0.25) is 0 Å². The molecule has 3 heterocycles. The first-order valence-corrected chi connectivity index (χ1v) is 9.93. The van der Waals surface area contributed by atoms with Crippen molar-refractivity contribution in [3.63, 3.8) is 0 Å². The Bertz CT molecular complexity index is 1100. The van der Waals surface area contributed by atoms with Crippen molar-refractivity contribution in [1.82, 2.24) is 19.7 Å². The van der Waals surface area contributed by atoms with Crippen molar-refractivity contribution in [3.05, 3.63) is 53.7 Å². The van der Waals surface area contributed by atoms with Gasteiger partial charge in [-0.15, -0.1) is 0 Å². The predicted octanol–water partition coefficient (Wildman–Crippen LogP) is 1.65. The smallest absolute Gasteiger partial charge is 0.270 e. The van der Waals surface area contributed by atoms with E-state index in [1.54, 1.807) is 36.3 Å². The first-order chi connectivity index (χ1) is 12.3. The lowest BCUT2D eigenvalue weighted by atomic mass is 10.1. The Kier molecular flexibility index (Phi) is 3.83. The molecule has 26 heavy (non-hydrogen) atoms. The normalized spacial score (nSPS) is 19.8. The van der Waals surface area contributed by atoms with Crippen LogP contribution in [-0.2, 0) is 16.9 Å². The molecule has 9 heteroatoms. The number of aromatic amines is 1. The molecule has 0 saturated carbocycles. The molecule has 1 saturated heterocycles. The van der Waals surface area contributed by atoms with E-state index in [1.807, 2.05) is 0 Å². The number of carbonyl (C=O) groups excluding carboxylic acids is 1. The Balaban J connectivity index is 1.73. The largest absolute Gasteiger partial charge is 0.350 e. The highest BCUT2D eigenvalue weighted by Crippen LogP contribution is 2.29. The molecular weight excluding hydrogens is 359 g/mol. The van der Waals surface area contributed by atoms with Crippen LogP contribution < -0.4 is 0 Å². The number of hydrogen-bond acceptors (Lipinski definition) is 4. The minimum atomic E-state index is -3.25. The molecule has 1 N–H and O–H groups in total. The van der Waals surface area contributed by atoms with E-state index in [1.165, 1.54) is 17.0 Å². The second-order valence-electron chi connectivity index (χ2n) is 6.46. The number of sulfone groups is 1. The van der Waals surface area contributed by atoms with Crippen molar-refractivity contribution in [3.8, 4) is 0 Å². The van der Waals surface area contributed by atoms with Crippen LogP contribution in [0.5, 0.6) is 0 Å². The summed E-state index contributed by atoms with van der Waals surface area (Å²) in [4.78, 5) is 17.5. The monoisotopic (exact) mass is 376 g/mol. The number of nitrogens with one attached hydrogen (secondary N) is 1. The summed E-state index contributed by atoms with van der Waals surface area (Å²) in [5.74, 6) is -1.02. The average Bonchev–Trinajstić information content (AvgIpc) is 3.20. The molecule has 0 bridgehead atoms. The number of rotatable bonds is 2. The van der Waals surface area contributed by atoms with Crippen LogP contribution in [0, 0.1) is 5.82 Å². The number of hydrogen-bond donors (Lipinski definition) is 1. The zero-order valence-corrected chi connectivity index (χ0v) is 14.8. The first-order valence-electron chi connectivity index (χ1n) is 8.11. The lowest BCUT2D eigenvalue weighted by Crippen LogP contribution is -2.46. The molecule has 1 aromatic carbocycles. The fraction of sp³-hybridized carbons (Fsp3) is 0.294. The van der Waals surface area contributed by atoms with Gasteiger partial charge in [-0.25, -0.2) is 12.8 Å². The lowest BCUT2D eigenvalue weighted by molar-refractivity contribution is 0.0692. The van der Waals surface area contributed by atoms with Crippen molar-refractivity contribution in [1.29, 1.82) is 0 Å². The van der Waals surface area contributed by atoms with Crippen molar-refractivity contribution in [2.24, 2.45) is 7.05 Å². The van der Waals surface area contributed by atoms with Gasteiger partial charge in [0.25, 0.3) is 5.91 Å². The molecule has 136 valence electrons. The summed E-state index contributed by atoms with van der Waals surface area (Å²) in [7, 11) is -1.52. The van der Waals surface area contributed by atoms with Crippen LogP contribution in [0.1, 0.15) is 22.1 Å². The third kappa shape index (κ3) is 2.88. The molecule has 0 radical (unpaired) electrons. The van der Waals surface area contributed by atoms with Gasteiger partial charge in [-0.1, -0.05) is 6.07 Å². The summed E-state index contributed by atoms with van der Waals surface area (Å²) in [5.41, 5.74) is 1.42. The molecule has 7 nitrogen and oxygen atoms in total. The Labute approximate surface area is 149 Å². The fourth-order valence-corrected chi connectivity index (χ4v) is 4.82. The number of benzene rings is 1. The van der Waals surface area contributed by atoms with Gasteiger partial charge in [-0.2, -0.15) is 5.10 Å². The van der Waals surface area contributed by atoms with E-state index < -0.39 is 21.7 Å². The highest BCUT2D eigenvalue weighted by atomic mass is 32.2. The van der Waals surface area contributed by atoms with Gasteiger partial charge in [0.1, 0.15) is 11.5 Å². The van der Waals surface area contributed by atoms with E-state index in [4.69, 9.17) is 0 Å². The summed E-state index contributed by atoms with van der Waals surface area (Å²) < 4.78 is 39.7. The fourth-order valence-electron chi connectivity index (χ4n) is 3.33. The van der Waals surface area contributed by atoms with Crippen LogP contribution in [0.3, 0.4) is 0 Å². The van der Waals surface area contributed by atoms with Gasteiger partial charge < -0.3 is 9.88 Å². The highest BCUT2D eigenvalue weighted by molar-refractivity contribution is 7.91. The molecule has 1 fully saturated rings. The minimum absolute atomic E-state index is 0.0819. The average molecular weight is 376 g/mol. The molecule has 0 aliphatic carbocycles. The number of H-pyrrole nitrogens is 1. The van der Waals surface area contributed by atoms with Crippen LogP contribution in [0.4, 0.5) is 4.39 Å². The van der Waals surface area contributed by atoms with Gasteiger partial charge in [0.05, 0.1) is 23.7 Å². The molecule has 0 unspecified atom stereocenters. The van der Waals surface area contributed by atoms with Crippen LogP contribution in [0.2, 0.25) is 0 Å². The molecule has 2 aromatic heterocycles. The molecule has 0 spiro atoms. The summed E-state index contributed by atoms with van der Waals surface area (Å²) in [6.45, 7) is 0.0819. The van der Waals surface area contributed by atoms with E-state index in [0.29, 0.717) is 16.5 Å². The van der Waals surface area contributed by atoms with E-state index in [0.717, 1.165) is 0 Å². The topological polar surface area (TPSA) is 88.1 Å². The van der Waals surface area contributed by atoms with E-state index in [-0.39, 0.29) is 29.7 Å². The zero-order valence-electron chi connectivity index (χ0n) is 14.0. The van der Waals surface area contributed by atoms with E-state index >= 15 is 0 Å². The number of aryl methyl sites for hydroxylation is 1. The van der Waals surface area contributed by atoms with E-state index in [2.05, 4.69) is 10.1 Å². The lowest BCUT2D eigenvalue weighted by Gasteiger charge is -2.34. The first kappa shape index (κ1) is 16.8. The Morgan fingerprint density at radius 1 is 1.38 bits per heavy atom. The summed E-state index contributed by atoms with van der Waals surface area (Å²) >= 11 is 0. The molecule has 1 aliphatic rings. The van der Waals surface area contributed by atoms with Crippen LogP contribution in [0.25, 0.3) is 10.9 Å². The Hall–Kier alpha value is -2.68. The molecule has 3 aromatic rings. The highest BCUT2D eigenvalue weighted by Gasteiger charge is 2.36. The molecular formula is C17H17FN4O3S. The molecule has 1 atom stereocenters. The van der Waals surface area contributed by atoms with Crippen molar-refractivity contribution < 1.29 is 17.6 Å². The zero-order chi connectivity index (χ0) is 18.5. The number of fused-ring (bicyclic) bond motifs is 1. The van der Waals surface area contributed by atoms with E-state index in [9.17, 15) is 17.6 Å². The second kappa shape index (κ2) is 5.94. The van der Waals surface area contributed by atoms with Crippen LogP contribution >= 0.6 is 0 Å². The molecule has 1 amide bonds. The SMILES string of the molecule is Cn1cc([C@H]2CS(=O)(=O)CCN2C(=O)c2cc3c(F)cccc3[nH]2)cn1. The summed E-state index contributed by atoms with van der Waals surface area (Å²) in [6, 6.07) is 5.43. The maximum Gasteiger partial charge on any atom is 0.270 e. The van der Waals surface area contributed by atoms with Crippen molar-refractivity contribution in [2.75, 3.05) is 18.1 Å². The van der Waals surface area contributed by atoms with Crippen LogP contribution in [-0.4, -0.2) is 52.0 Å². The van der Waals surface area contributed by atoms with Crippen molar-refractivity contribution in [2.45, 2.75) is 6.04 Å². The van der Waals surface area contributed by atoms with Gasteiger partial charge in [-0.05, 0) is 18.2 Å². The molecule has 4 rings (SSSR count). The predicted molar refractivity (Wildman–Crippen MR) is 93.9 cm³/mol. The van der Waals surface area contributed by atoms with Crippen LogP contribution in [0.15, 0.2) is 36.7 Å². The summed E-state index contributed by atoms with van der Waals surface area (Å²) in [5, 5.41) is 4.41. The van der Waals surface area contributed by atoms with Gasteiger partial charge in [-0.3, -0.25) is 9.48 Å². The van der Waals surface area contributed by atoms with Gasteiger partial charge in [0, 0.05) is 36.3 Å². The maximum atomic E-state index is 13.9. The number of nitrogens with zero attached hydrogens (tertiary/aromatic N) is 3. The minimum Gasteiger partial charge on any atom is -0.350 e. The second-order valence-corrected chi connectivity index (χ2v) is 8.69. The quantitative estimate of drug-likeness (QED) is 0.737. The van der Waals surface area contributed by atoms with Crippen molar-refractivity contribution >= 4 is 26.6 Å². The number of aromatic nitrogens is 3. The number of amides is 1. The third-order valence-electron chi connectivity index (χ3n) is 4.64. The summed E-state index contributed by atoms with van der Waals surface area (Å²) in [6.07, 6.45) is 3.27. The Morgan fingerprint density at radius 3 is 2.88 bits per heavy atom. The third-order valence-corrected chi connectivity index (χ3v) is 6.27. The standard InChI is InChI=1S/C17H17FN4O3S/c1-21-9-11(8-19-21)16-10-26(24,25)6-5-22(16)17(23)15-7-12-13(18)3-2-4-14(12)20-15/h2-4,7-9,16,20H,5-6,10H2,1H3/t16-/m1/s1. The number of carbonyl (C=O) groups is 1. The Morgan fingerprint density at radius 2 is 2.19 bits per heavy atom.